The Labute approximate surface area is 155 Å². The zero-order valence-electron chi connectivity index (χ0n) is 18.1. The highest BCUT2D eigenvalue weighted by Crippen LogP contribution is 2.27. The Kier molecular flexibility index (Phi) is 10.8. The van der Waals surface area contributed by atoms with Gasteiger partial charge >= 0.3 is 5.97 Å². The van der Waals surface area contributed by atoms with Gasteiger partial charge in [-0.25, -0.2) is 0 Å². The lowest BCUT2D eigenvalue weighted by molar-refractivity contribution is -0.152. The first-order chi connectivity index (χ1) is 11.4. The molecule has 0 aliphatic heterocycles. The van der Waals surface area contributed by atoms with E-state index < -0.39 is 5.54 Å². The maximum atomic E-state index is 12.5. The van der Waals surface area contributed by atoms with Gasteiger partial charge in [0.2, 0.25) is 0 Å². The molecular formula is C19H42N4O2. The minimum absolute atomic E-state index is 0.0602. The standard InChI is InChI=1S/C19H42N4O2/c1-18(2,3)16-19(4,20-5)17(24)25-15-14-23(9)13-12-22(8)11-10-21(6)7/h20H,10-16H2,1-9H3. The second-order valence-electron chi connectivity index (χ2n) is 8.87. The fourth-order valence-electron chi connectivity index (χ4n) is 2.71. The summed E-state index contributed by atoms with van der Waals surface area (Å²) in [5.74, 6) is -0.165. The Bertz CT molecular complexity index is 382. The molecule has 0 radical (unpaired) electrons. The third-order valence-corrected chi connectivity index (χ3v) is 4.38. The molecule has 1 unspecified atom stereocenters. The summed E-state index contributed by atoms with van der Waals surface area (Å²) < 4.78 is 5.54. The second-order valence-corrected chi connectivity index (χ2v) is 8.87. The van der Waals surface area contributed by atoms with Crippen molar-refractivity contribution < 1.29 is 9.53 Å². The van der Waals surface area contributed by atoms with E-state index in [9.17, 15) is 4.79 Å². The summed E-state index contributed by atoms with van der Waals surface area (Å²) in [7, 11) is 10.2. The number of carbonyl (C=O) groups is 1. The normalized spacial score (nSPS) is 15.0. The second kappa shape index (κ2) is 11.1. The largest absolute Gasteiger partial charge is 0.463 e. The Hall–Kier alpha value is -0.690. The number of ether oxygens (including phenoxy) is 1. The van der Waals surface area contributed by atoms with Gasteiger partial charge in [-0.2, -0.15) is 0 Å². The van der Waals surface area contributed by atoms with Crippen molar-refractivity contribution in [2.75, 3.05) is 74.6 Å². The molecule has 0 fully saturated rings. The van der Waals surface area contributed by atoms with Gasteiger partial charge in [0.1, 0.15) is 12.1 Å². The van der Waals surface area contributed by atoms with E-state index in [0.29, 0.717) is 6.61 Å². The Balaban J connectivity index is 4.13. The Morgan fingerprint density at radius 1 is 0.880 bits per heavy atom. The summed E-state index contributed by atoms with van der Waals surface area (Å²) in [5, 5.41) is 3.14. The lowest BCUT2D eigenvalue weighted by Gasteiger charge is -2.33. The first-order valence-electron chi connectivity index (χ1n) is 9.27. The van der Waals surface area contributed by atoms with E-state index in [2.05, 4.69) is 69.0 Å². The van der Waals surface area contributed by atoms with Crippen LogP contribution >= 0.6 is 0 Å². The molecule has 0 saturated heterocycles. The highest BCUT2D eigenvalue weighted by Gasteiger charge is 2.37. The highest BCUT2D eigenvalue weighted by atomic mass is 16.5. The number of hydrogen-bond donors (Lipinski definition) is 1. The number of nitrogens with zero attached hydrogens (tertiary/aromatic N) is 3. The molecule has 6 nitrogen and oxygen atoms in total. The van der Waals surface area contributed by atoms with Gasteiger partial charge in [0.15, 0.2) is 0 Å². The molecule has 0 saturated carbocycles. The summed E-state index contributed by atoms with van der Waals surface area (Å²) in [6, 6.07) is 0. The molecule has 1 N–H and O–H groups in total. The smallest absolute Gasteiger partial charge is 0.326 e. The van der Waals surface area contributed by atoms with Crippen LogP contribution in [0.5, 0.6) is 0 Å². The van der Waals surface area contributed by atoms with E-state index in [1.807, 2.05) is 14.0 Å². The van der Waals surface area contributed by atoms with Crippen LogP contribution in [0.25, 0.3) is 0 Å². The number of carbonyl (C=O) groups excluding carboxylic acids is 1. The van der Waals surface area contributed by atoms with Gasteiger partial charge in [0.05, 0.1) is 0 Å². The van der Waals surface area contributed by atoms with Gasteiger partial charge < -0.3 is 24.8 Å². The predicted molar refractivity (Wildman–Crippen MR) is 106 cm³/mol. The Morgan fingerprint density at radius 3 is 1.80 bits per heavy atom. The average molecular weight is 359 g/mol. The van der Waals surface area contributed by atoms with Crippen molar-refractivity contribution in [1.29, 1.82) is 0 Å². The van der Waals surface area contributed by atoms with Crippen molar-refractivity contribution in [2.45, 2.75) is 39.7 Å². The molecule has 0 amide bonds. The van der Waals surface area contributed by atoms with E-state index in [1.54, 1.807) is 0 Å². The van der Waals surface area contributed by atoms with Gasteiger partial charge in [-0.15, -0.1) is 0 Å². The van der Waals surface area contributed by atoms with Crippen molar-refractivity contribution in [3.8, 4) is 0 Å². The summed E-state index contributed by atoms with van der Waals surface area (Å²) in [4.78, 5) is 19.2. The molecule has 0 aromatic heterocycles. The third-order valence-electron chi connectivity index (χ3n) is 4.38. The highest BCUT2D eigenvalue weighted by molar-refractivity contribution is 5.80. The van der Waals surface area contributed by atoms with Crippen LogP contribution in [-0.2, 0) is 9.53 Å². The number of hydrogen-bond acceptors (Lipinski definition) is 6. The van der Waals surface area contributed by atoms with E-state index in [1.165, 1.54) is 0 Å². The van der Waals surface area contributed by atoms with Crippen LogP contribution in [0.15, 0.2) is 0 Å². The van der Waals surface area contributed by atoms with E-state index >= 15 is 0 Å². The lowest BCUT2D eigenvalue weighted by atomic mass is 9.81. The summed E-state index contributed by atoms with van der Waals surface area (Å²) in [6.45, 7) is 13.6. The quantitative estimate of drug-likeness (QED) is 0.532. The van der Waals surface area contributed by atoms with E-state index in [0.717, 1.165) is 39.1 Å². The van der Waals surface area contributed by atoms with Crippen LogP contribution in [0, 0.1) is 5.41 Å². The molecule has 150 valence electrons. The maximum absolute atomic E-state index is 12.5. The predicted octanol–water partition coefficient (Wildman–Crippen LogP) is 1.37. The van der Waals surface area contributed by atoms with Crippen LogP contribution in [0.2, 0.25) is 0 Å². The molecule has 0 aromatic rings. The number of rotatable bonds is 12. The number of nitrogens with one attached hydrogen (secondary N) is 1. The fraction of sp³-hybridized carbons (Fsp3) is 0.947. The van der Waals surface area contributed by atoms with Gasteiger partial charge in [0.25, 0.3) is 0 Å². The summed E-state index contributed by atoms with van der Waals surface area (Å²) in [6.07, 6.45) is 0.738. The average Bonchev–Trinajstić information content (AvgIpc) is 2.48. The summed E-state index contributed by atoms with van der Waals surface area (Å²) >= 11 is 0. The van der Waals surface area contributed by atoms with Gasteiger partial charge in [-0.05, 0) is 54.0 Å². The molecule has 1 atom stereocenters. The third kappa shape index (κ3) is 11.5. The van der Waals surface area contributed by atoms with Crippen molar-refractivity contribution in [3.63, 3.8) is 0 Å². The SMILES string of the molecule is CNC(C)(CC(C)(C)C)C(=O)OCCN(C)CCN(C)CCN(C)C. The molecule has 0 aliphatic carbocycles. The maximum Gasteiger partial charge on any atom is 0.326 e. The van der Waals surface area contributed by atoms with Crippen LogP contribution in [0.1, 0.15) is 34.1 Å². The zero-order valence-corrected chi connectivity index (χ0v) is 18.1. The van der Waals surface area contributed by atoms with Crippen LogP contribution in [-0.4, -0.2) is 101 Å². The van der Waals surface area contributed by atoms with Crippen LogP contribution in [0.4, 0.5) is 0 Å². The monoisotopic (exact) mass is 358 g/mol. The fourth-order valence-corrected chi connectivity index (χ4v) is 2.71. The van der Waals surface area contributed by atoms with Crippen molar-refractivity contribution in [1.82, 2.24) is 20.0 Å². The van der Waals surface area contributed by atoms with Crippen molar-refractivity contribution in [2.24, 2.45) is 5.41 Å². The molecule has 0 rings (SSSR count). The molecule has 6 heteroatoms. The first-order valence-corrected chi connectivity index (χ1v) is 9.27. The molecule has 0 spiro atoms. The topological polar surface area (TPSA) is 48.1 Å². The lowest BCUT2D eigenvalue weighted by Crippen LogP contribution is -2.51. The first kappa shape index (κ1) is 24.3. The molecule has 0 bridgehead atoms. The minimum atomic E-state index is -0.636. The summed E-state index contributed by atoms with van der Waals surface area (Å²) in [5.41, 5.74) is -0.575. The Morgan fingerprint density at radius 2 is 1.36 bits per heavy atom. The van der Waals surface area contributed by atoms with E-state index in [4.69, 9.17) is 4.74 Å². The van der Waals surface area contributed by atoms with Crippen molar-refractivity contribution in [3.05, 3.63) is 0 Å². The van der Waals surface area contributed by atoms with Gasteiger partial charge in [-0.3, -0.25) is 4.79 Å². The number of esters is 1. The van der Waals surface area contributed by atoms with Crippen molar-refractivity contribution >= 4 is 5.97 Å². The number of likely N-dealkylation sites (N-methyl/N-ethyl adjacent to an activating group) is 4. The van der Waals surface area contributed by atoms with Gasteiger partial charge in [0, 0.05) is 32.7 Å². The minimum Gasteiger partial charge on any atom is -0.463 e. The molecule has 0 aromatic carbocycles. The van der Waals surface area contributed by atoms with Crippen LogP contribution in [0.3, 0.4) is 0 Å². The molecule has 0 heterocycles. The van der Waals surface area contributed by atoms with E-state index in [-0.39, 0.29) is 11.4 Å². The van der Waals surface area contributed by atoms with Crippen LogP contribution < -0.4 is 5.32 Å². The molecule has 0 aliphatic rings. The van der Waals surface area contributed by atoms with Gasteiger partial charge in [-0.1, -0.05) is 20.8 Å². The zero-order chi connectivity index (χ0) is 19.7. The molecule has 25 heavy (non-hydrogen) atoms. The molecular weight excluding hydrogens is 316 g/mol.